The van der Waals surface area contributed by atoms with Crippen molar-refractivity contribution in [3.63, 3.8) is 0 Å². The van der Waals surface area contributed by atoms with Crippen molar-refractivity contribution in [3.8, 4) is 0 Å². The molecule has 0 heterocycles. The van der Waals surface area contributed by atoms with Crippen molar-refractivity contribution >= 4 is 11.8 Å². The molecule has 0 saturated heterocycles. The first kappa shape index (κ1) is 11.5. The van der Waals surface area contributed by atoms with Gasteiger partial charge in [0.25, 0.3) is 0 Å². The summed E-state index contributed by atoms with van der Waals surface area (Å²) in [6.45, 7) is 6.63. The Balaban J connectivity index is 2.85. The normalized spacial score (nSPS) is 9.47. The fraction of sp³-hybridized carbons (Fsp3) is 0.417. The third-order valence-corrected chi connectivity index (χ3v) is 2.37. The van der Waals surface area contributed by atoms with Gasteiger partial charge >= 0.3 is 0 Å². The molecular formula is C12H16N2O. The Bertz CT molecular complexity index is 352. The van der Waals surface area contributed by atoms with Gasteiger partial charge in [0.05, 0.1) is 6.54 Å². The molecule has 0 aliphatic carbocycles. The topological polar surface area (TPSA) is 32.7 Å². The summed E-state index contributed by atoms with van der Waals surface area (Å²) in [4.78, 5) is 15.8. The molecule has 15 heavy (non-hydrogen) atoms. The Hall–Kier alpha value is -1.60. The van der Waals surface area contributed by atoms with E-state index in [4.69, 9.17) is 0 Å². The van der Waals surface area contributed by atoms with Crippen LogP contribution in [0.25, 0.3) is 0 Å². The van der Waals surface area contributed by atoms with Crippen LogP contribution in [0.1, 0.15) is 19.4 Å². The third-order valence-electron chi connectivity index (χ3n) is 2.37. The lowest BCUT2D eigenvalue weighted by Gasteiger charge is -2.21. The van der Waals surface area contributed by atoms with Gasteiger partial charge in [-0.3, -0.25) is 0 Å². The molecule has 0 aromatic heterocycles. The molecule has 1 aromatic carbocycles. The van der Waals surface area contributed by atoms with Crippen molar-refractivity contribution in [3.05, 3.63) is 29.8 Å². The maximum absolute atomic E-state index is 10.0. The van der Waals surface area contributed by atoms with E-state index in [0.717, 1.165) is 18.7 Å². The van der Waals surface area contributed by atoms with Crippen molar-refractivity contribution in [2.24, 2.45) is 4.99 Å². The minimum absolute atomic E-state index is 0.415. The second-order valence-corrected chi connectivity index (χ2v) is 3.25. The Morgan fingerprint density at radius 3 is 2.67 bits per heavy atom. The second-order valence-electron chi connectivity index (χ2n) is 3.25. The number of benzene rings is 1. The Morgan fingerprint density at radius 2 is 2.07 bits per heavy atom. The monoisotopic (exact) mass is 204 g/mol. The van der Waals surface area contributed by atoms with E-state index in [-0.39, 0.29) is 0 Å². The summed E-state index contributed by atoms with van der Waals surface area (Å²) in [6.07, 6.45) is 1.55. The van der Waals surface area contributed by atoms with Crippen molar-refractivity contribution in [2.45, 2.75) is 20.4 Å². The third kappa shape index (κ3) is 3.22. The van der Waals surface area contributed by atoms with Crippen LogP contribution in [-0.2, 0) is 11.3 Å². The van der Waals surface area contributed by atoms with Gasteiger partial charge in [0.2, 0.25) is 6.08 Å². The van der Waals surface area contributed by atoms with Gasteiger partial charge in [0, 0.05) is 18.8 Å². The SMILES string of the molecule is CCN(CC)c1cccc(CN=C=O)c1. The van der Waals surface area contributed by atoms with Crippen LogP contribution in [0.4, 0.5) is 5.69 Å². The zero-order chi connectivity index (χ0) is 11.1. The molecule has 0 bridgehead atoms. The minimum atomic E-state index is 0.415. The molecule has 1 aromatic rings. The highest BCUT2D eigenvalue weighted by molar-refractivity contribution is 5.48. The summed E-state index contributed by atoms with van der Waals surface area (Å²) in [7, 11) is 0. The molecule has 0 aliphatic heterocycles. The average Bonchev–Trinajstić information content (AvgIpc) is 2.29. The van der Waals surface area contributed by atoms with E-state index in [1.807, 2.05) is 12.1 Å². The highest BCUT2D eigenvalue weighted by Crippen LogP contribution is 2.16. The van der Waals surface area contributed by atoms with E-state index >= 15 is 0 Å². The Morgan fingerprint density at radius 1 is 1.33 bits per heavy atom. The van der Waals surface area contributed by atoms with Crippen LogP contribution < -0.4 is 4.90 Å². The van der Waals surface area contributed by atoms with Crippen molar-refractivity contribution < 1.29 is 4.79 Å². The van der Waals surface area contributed by atoms with E-state index in [2.05, 4.69) is 35.9 Å². The van der Waals surface area contributed by atoms with Gasteiger partial charge in [-0.25, -0.2) is 9.79 Å². The summed E-state index contributed by atoms with van der Waals surface area (Å²) in [5.41, 5.74) is 2.22. The molecule has 0 amide bonds. The molecular weight excluding hydrogens is 188 g/mol. The fourth-order valence-electron chi connectivity index (χ4n) is 1.56. The highest BCUT2D eigenvalue weighted by atomic mass is 16.1. The first-order chi connectivity index (χ1) is 7.31. The largest absolute Gasteiger partial charge is 0.372 e. The molecule has 0 atom stereocenters. The highest BCUT2D eigenvalue weighted by Gasteiger charge is 2.01. The zero-order valence-electron chi connectivity index (χ0n) is 9.23. The van der Waals surface area contributed by atoms with E-state index in [0.29, 0.717) is 6.54 Å². The van der Waals surface area contributed by atoms with Gasteiger partial charge in [-0.15, -0.1) is 0 Å². The smallest absolute Gasteiger partial charge is 0.235 e. The molecule has 0 fully saturated rings. The maximum Gasteiger partial charge on any atom is 0.235 e. The van der Waals surface area contributed by atoms with Crippen molar-refractivity contribution in [1.82, 2.24) is 0 Å². The summed E-state index contributed by atoms with van der Waals surface area (Å²) < 4.78 is 0. The lowest BCUT2D eigenvalue weighted by molar-refractivity contribution is 0.563. The molecule has 80 valence electrons. The van der Waals surface area contributed by atoms with Crippen LogP contribution in [0.3, 0.4) is 0 Å². The van der Waals surface area contributed by atoms with Gasteiger partial charge in [0.1, 0.15) is 0 Å². The Kier molecular flexibility index (Phi) is 4.58. The molecule has 0 aliphatic rings. The van der Waals surface area contributed by atoms with Crippen LogP contribution in [0, 0.1) is 0 Å². The number of carbonyl (C=O) groups excluding carboxylic acids is 1. The number of hydrogen-bond donors (Lipinski definition) is 0. The number of aliphatic imine (C=N–C) groups is 1. The van der Waals surface area contributed by atoms with E-state index in [9.17, 15) is 4.79 Å². The quantitative estimate of drug-likeness (QED) is 0.545. The molecule has 1 rings (SSSR count). The van der Waals surface area contributed by atoms with Crippen LogP contribution in [-0.4, -0.2) is 19.2 Å². The van der Waals surface area contributed by atoms with Crippen LogP contribution >= 0.6 is 0 Å². The number of isocyanates is 1. The fourth-order valence-corrected chi connectivity index (χ4v) is 1.56. The maximum atomic E-state index is 10.0. The summed E-state index contributed by atoms with van der Waals surface area (Å²) in [5.74, 6) is 0. The molecule has 0 spiro atoms. The lowest BCUT2D eigenvalue weighted by Crippen LogP contribution is -2.21. The van der Waals surface area contributed by atoms with Crippen molar-refractivity contribution in [2.75, 3.05) is 18.0 Å². The van der Waals surface area contributed by atoms with E-state index in [1.54, 1.807) is 6.08 Å². The second kappa shape index (κ2) is 5.99. The molecule has 0 unspecified atom stereocenters. The summed E-state index contributed by atoms with van der Waals surface area (Å²) >= 11 is 0. The molecule has 0 radical (unpaired) electrons. The molecule has 0 saturated carbocycles. The zero-order valence-corrected chi connectivity index (χ0v) is 9.23. The standard InChI is InChI=1S/C12H16N2O/c1-3-14(4-2)12-7-5-6-11(8-12)9-13-10-15/h5-8H,3-4,9H2,1-2H3. The number of nitrogens with zero attached hydrogens (tertiary/aromatic N) is 2. The Labute approximate surface area is 90.4 Å². The van der Waals surface area contributed by atoms with Crippen LogP contribution in [0.2, 0.25) is 0 Å². The summed E-state index contributed by atoms with van der Waals surface area (Å²) in [5, 5.41) is 0. The van der Waals surface area contributed by atoms with Gasteiger partial charge in [-0.2, -0.15) is 0 Å². The van der Waals surface area contributed by atoms with Gasteiger partial charge in [-0.05, 0) is 31.5 Å². The van der Waals surface area contributed by atoms with Gasteiger partial charge in [0.15, 0.2) is 0 Å². The number of anilines is 1. The first-order valence-electron chi connectivity index (χ1n) is 5.19. The van der Waals surface area contributed by atoms with Gasteiger partial charge < -0.3 is 4.90 Å². The first-order valence-corrected chi connectivity index (χ1v) is 5.19. The average molecular weight is 204 g/mol. The predicted molar refractivity (Wildman–Crippen MR) is 61.8 cm³/mol. The van der Waals surface area contributed by atoms with Crippen molar-refractivity contribution in [1.29, 1.82) is 0 Å². The molecule has 3 nitrogen and oxygen atoms in total. The molecule has 3 heteroatoms. The molecule has 0 N–H and O–H groups in total. The summed E-state index contributed by atoms with van der Waals surface area (Å²) in [6, 6.07) is 8.09. The van der Waals surface area contributed by atoms with E-state index < -0.39 is 0 Å². The number of rotatable bonds is 5. The number of hydrogen-bond acceptors (Lipinski definition) is 3. The van der Waals surface area contributed by atoms with Gasteiger partial charge in [-0.1, -0.05) is 12.1 Å². The van der Waals surface area contributed by atoms with Crippen LogP contribution in [0.15, 0.2) is 29.3 Å². The van der Waals surface area contributed by atoms with Crippen LogP contribution in [0.5, 0.6) is 0 Å². The van der Waals surface area contributed by atoms with E-state index in [1.165, 1.54) is 5.69 Å². The predicted octanol–water partition coefficient (Wildman–Crippen LogP) is 2.37. The minimum Gasteiger partial charge on any atom is -0.372 e. The lowest BCUT2D eigenvalue weighted by atomic mass is 10.2.